The summed E-state index contributed by atoms with van der Waals surface area (Å²) in [4.78, 5) is 18.1. The van der Waals surface area contributed by atoms with E-state index in [0.29, 0.717) is 0 Å². The molecule has 5 nitrogen and oxygen atoms in total. The van der Waals surface area contributed by atoms with E-state index in [9.17, 15) is 4.79 Å². The molecule has 18 heavy (non-hydrogen) atoms. The summed E-state index contributed by atoms with van der Waals surface area (Å²) in [7, 11) is 3.82. The van der Waals surface area contributed by atoms with Crippen LogP contribution in [0.25, 0.3) is 0 Å². The van der Waals surface area contributed by atoms with Crippen LogP contribution in [-0.2, 0) is 9.53 Å². The molecule has 1 aromatic heterocycles. The average molecular weight is 249 g/mol. The fraction of sp³-hybridized carbons (Fsp3) is 0.538. The molecule has 1 aliphatic heterocycles. The Morgan fingerprint density at radius 1 is 1.50 bits per heavy atom. The molecule has 0 spiro atoms. The lowest BCUT2D eigenvalue weighted by Gasteiger charge is -2.14. The first kappa shape index (κ1) is 12.8. The van der Waals surface area contributed by atoms with Gasteiger partial charge in [-0.05, 0) is 25.8 Å². The van der Waals surface area contributed by atoms with Gasteiger partial charge in [-0.15, -0.1) is 0 Å². The van der Waals surface area contributed by atoms with E-state index < -0.39 is 0 Å². The highest BCUT2D eigenvalue weighted by atomic mass is 16.5. The maximum Gasteiger partial charge on any atom is 0.253 e. The van der Waals surface area contributed by atoms with E-state index in [4.69, 9.17) is 4.74 Å². The minimum absolute atomic E-state index is 0.0738. The largest absolute Gasteiger partial charge is 0.365 e. The summed E-state index contributed by atoms with van der Waals surface area (Å²) in [6.45, 7) is 1.99. The van der Waals surface area contributed by atoms with Crippen LogP contribution in [0.1, 0.15) is 19.8 Å². The van der Waals surface area contributed by atoms with Crippen LogP contribution < -0.4 is 10.2 Å². The highest BCUT2D eigenvalue weighted by Gasteiger charge is 2.28. The summed E-state index contributed by atoms with van der Waals surface area (Å²) in [5, 5.41) is 2.87. The molecule has 2 heterocycles. The number of hydrogen-bond donors (Lipinski definition) is 1. The Morgan fingerprint density at radius 2 is 2.28 bits per heavy atom. The van der Waals surface area contributed by atoms with Crippen molar-refractivity contribution < 1.29 is 9.53 Å². The van der Waals surface area contributed by atoms with Gasteiger partial charge in [-0.1, -0.05) is 0 Å². The molecule has 1 aromatic rings. The Kier molecular flexibility index (Phi) is 3.81. The minimum atomic E-state index is -0.323. The third-order valence-electron chi connectivity index (χ3n) is 3.00. The lowest BCUT2D eigenvalue weighted by molar-refractivity contribution is -0.126. The molecule has 0 radical (unpaired) electrons. The summed E-state index contributed by atoms with van der Waals surface area (Å²) in [5.74, 6) is 0.740. The number of carbonyl (C=O) groups excluding carboxylic acids is 1. The first-order valence-electron chi connectivity index (χ1n) is 6.16. The molecule has 1 saturated heterocycles. The van der Waals surface area contributed by atoms with Crippen molar-refractivity contribution in [1.82, 2.24) is 4.98 Å². The molecule has 2 rings (SSSR count). The molecule has 5 heteroatoms. The van der Waals surface area contributed by atoms with Crippen molar-refractivity contribution in [1.29, 1.82) is 0 Å². The van der Waals surface area contributed by atoms with E-state index in [1.807, 2.05) is 32.0 Å². The molecule has 0 aromatic carbocycles. The zero-order valence-electron chi connectivity index (χ0n) is 11.0. The number of nitrogens with zero attached hydrogens (tertiary/aromatic N) is 2. The average Bonchev–Trinajstić information content (AvgIpc) is 2.76. The van der Waals surface area contributed by atoms with Crippen molar-refractivity contribution in [3.63, 3.8) is 0 Å². The highest BCUT2D eigenvalue weighted by molar-refractivity contribution is 5.94. The van der Waals surface area contributed by atoms with E-state index in [2.05, 4.69) is 10.3 Å². The van der Waals surface area contributed by atoms with Gasteiger partial charge < -0.3 is 15.0 Å². The van der Waals surface area contributed by atoms with Crippen molar-refractivity contribution in [2.45, 2.75) is 32.0 Å². The van der Waals surface area contributed by atoms with Crippen molar-refractivity contribution in [3.8, 4) is 0 Å². The van der Waals surface area contributed by atoms with Gasteiger partial charge in [-0.3, -0.25) is 4.79 Å². The van der Waals surface area contributed by atoms with Gasteiger partial charge in [0.2, 0.25) is 0 Å². The van der Waals surface area contributed by atoms with Crippen LogP contribution in [0.4, 0.5) is 11.5 Å². The molecule has 1 aliphatic rings. The minimum Gasteiger partial charge on any atom is -0.365 e. The first-order valence-corrected chi connectivity index (χ1v) is 6.16. The lowest BCUT2D eigenvalue weighted by Crippen LogP contribution is -2.27. The predicted octanol–water partition coefficient (Wildman–Crippen LogP) is 1.65. The predicted molar refractivity (Wildman–Crippen MR) is 70.8 cm³/mol. The number of anilines is 2. The molecule has 0 saturated carbocycles. The van der Waals surface area contributed by atoms with Gasteiger partial charge in [-0.25, -0.2) is 4.98 Å². The summed E-state index contributed by atoms with van der Waals surface area (Å²) >= 11 is 0. The summed E-state index contributed by atoms with van der Waals surface area (Å²) in [5.41, 5.74) is 0.752. The molecule has 1 N–H and O–H groups in total. The van der Waals surface area contributed by atoms with Crippen LogP contribution in [0, 0.1) is 0 Å². The fourth-order valence-electron chi connectivity index (χ4n) is 1.96. The molecule has 98 valence electrons. The van der Waals surface area contributed by atoms with E-state index in [0.717, 1.165) is 24.3 Å². The number of ether oxygens (including phenoxy) is 1. The van der Waals surface area contributed by atoms with Gasteiger partial charge in [0.15, 0.2) is 0 Å². The SMILES string of the molecule is C[C@@H]1CC[C@H](C(=O)Nc2ccnc(N(C)C)c2)O1. The van der Waals surface area contributed by atoms with E-state index in [1.54, 1.807) is 12.3 Å². The second kappa shape index (κ2) is 5.35. The molecular formula is C13H19N3O2. The Hall–Kier alpha value is -1.62. The van der Waals surface area contributed by atoms with Crippen molar-refractivity contribution in [2.24, 2.45) is 0 Å². The second-order valence-electron chi connectivity index (χ2n) is 4.80. The monoisotopic (exact) mass is 249 g/mol. The van der Waals surface area contributed by atoms with Crippen LogP contribution >= 0.6 is 0 Å². The van der Waals surface area contributed by atoms with Gasteiger partial charge in [0.25, 0.3) is 5.91 Å². The molecule has 0 unspecified atom stereocenters. The number of carbonyl (C=O) groups is 1. The summed E-state index contributed by atoms with van der Waals surface area (Å²) in [6.07, 6.45) is 3.27. The smallest absolute Gasteiger partial charge is 0.253 e. The third-order valence-corrected chi connectivity index (χ3v) is 3.00. The molecule has 1 amide bonds. The first-order chi connectivity index (χ1) is 8.56. The molecule has 0 aliphatic carbocycles. The fourth-order valence-corrected chi connectivity index (χ4v) is 1.96. The number of amides is 1. The molecule has 1 fully saturated rings. The Morgan fingerprint density at radius 3 is 2.89 bits per heavy atom. The van der Waals surface area contributed by atoms with Crippen molar-refractivity contribution in [3.05, 3.63) is 18.3 Å². The Balaban J connectivity index is 2.00. The topological polar surface area (TPSA) is 54.5 Å². The molecular weight excluding hydrogens is 230 g/mol. The zero-order valence-corrected chi connectivity index (χ0v) is 11.0. The van der Waals surface area contributed by atoms with E-state index >= 15 is 0 Å². The lowest BCUT2D eigenvalue weighted by atomic mass is 10.2. The van der Waals surface area contributed by atoms with Gasteiger partial charge in [-0.2, -0.15) is 0 Å². The van der Waals surface area contributed by atoms with Crippen LogP contribution in [-0.4, -0.2) is 37.2 Å². The Labute approximate surface area is 107 Å². The van der Waals surface area contributed by atoms with E-state index in [-0.39, 0.29) is 18.1 Å². The van der Waals surface area contributed by atoms with Crippen LogP contribution in [0.15, 0.2) is 18.3 Å². The van der Waals surface area contributed by atoms with Gasteiger partial charge in [0.1, 0.15) is 11.9 Å². The van der Waals surface area contributed by atoms with E-state index in [1.165, 1.54) is 0 Å². The number of nitrogens with one attached hydrogen (secondary N) is 1. The number of hydrogen-bond acceptors (Lipinski definition) is 4. The maximum atomic E-state index is 12.0. The zero-order chi connectivity index (χ0) is 13.1. The van der Waals surface area contributed by atoms with Gasteiger partial charge >= 0.3 is 0 Å². The highest BCUT2D eigenvalue weighted by Crippen LogP contribution is 2.21. The summed E-state index contributed by atoms with van der Waals surface area (Å²) < 4.78 is 5.53. The van der Waals surface area contributed by atoms with Gasteiger partial charge in [0.05, 0.1) is 6.10 Å². The molecule has 0 bridgehead atoms. The number of rotatable bonds is 3. The standard InChI is InChI=1S/C13H19N3O2/c1-9-4-5-11(18-9)13(17)15-10-6-7-14-12(8-10)16(2)3/h6-9,11H,4-5H2,1-3H3,(H,14,15,17)/t9-,11-/m1/s1. The van der Waals surface area contributed by atoms with Crippen molar-refractivity contribution in [2.75, 3.05) is 24.3 Å². The molecule has 2 atom stereocenters. The number of pyridine rings is 1. The summed E-state index contributed by atoms with van der Waals surface area (Å²) in [6, 6.07) is 3.62. The van der Waals surface area contributed by atoms with Crippen LogP contribution in [0.3, 0.4) is 0 Å². The normalized spacial score (nSPS) is 22.8. The Bertz CT molecular complexity index is 434. The van der Waals surface area contributed by atoms with Gasteiger partial charge in [0, 0.05) is 32.0 Å². The number of aromatic nitrogens is 1. The second-order valence-corrected chi connectivity index (χ2v) is 4.80. The van der Waals surface area contributed by atoms with Crippen molar-refractivity contribution >= 4 is 17.4 Å². The van der Waals surface area contributed by atoms with Crippen LogP contribution in [0.2, 0.25) is 0 Å². The quantitative estimate of drug-likeness (QED) is 0.885. The third kappa shape index (κ3) is 2.98. The van der Waals surface area contributed by atoms with Crippen LogP contribution in [0.5, 0.6) is 0 Å². The maximum absolute atomic E-state index is 12.0.